The van der Waals surface area contributed by atoms with Crippen LogP contribution in [-0.4, -0.2) is 74.3 Å². The summed E-state index contributed by atoms with van der Waals surface area (Å²) in [5.74, 6) is 1.60. The number of aliphatic hydroxyl groups excluding tert-OH is 1. The number of carbonyl (C=O) groups is 1. The fraction of sp³-hybridized carbons (Fsp3) is 0.379. The molecule has 1 aliphatic heterocycles. The van der Waals surface area contributed by atoms with Gasteiger partial charge in [-0.25, -0.2) is 13.9 Å². The maximum Gasteiger partial charge on any atom is 0.459 e. The first-order chi connectivity index (χ1) is 21.4. The van der Waals surface area contributed by atoms with E-state index in [1.807, 2.05) is 24.1 Å². The highest BCUT2D eigenvalue weighted by Crippen LogP contribution is 2.49. The van der Waals surface area contributed by atoms with Crippen molar-refractivity contribution in [2.24, 2.45) is 0 Å². The van der Waals surface area contributed by atoms with Gasteiger partial charge in [0.25, 0.3) is 0 Å². The van der Waals surface area contributed by atoms with Crippen LogP contribution in [0.15, 0.2) is 48.8 Å². The van der Waals surface area contributed by atoms with Gasteiger partial charge in [-0.3, -0.25) is 13.9 Å². The van der Waals surface area contributed by atoms with Crippen LogP contribution in [0.3, 0.4) is 0 Å². The van der Waals surface area contributed by atoms with Crippen LogP contribution in [0.1, 0.15) is 27.0 Å². The van der Waals surface area contributed by atoms with Gasteiger partial charge >= 0.3 is 13.7 Å². The summed E-state index contributed by atoms with van der Waals surface area (Å²) in [6.45, 7) is 4.09. The number of nitrogen functional groups attached to an aromatic ring is 1. The first-order valence-electron chi connectivity index (χ1n) is 14.0. The molecule has 14 nitrogen and oxygen atoms in total. The molecular formula is C29H33FN7O7P. The van der Waals surface area contributed by atoms with Gasteiger partial charge in [0.05, 0.1) is 19.0 Å². The molecule has 16 heteroatoms. The van der Waals surface area contributed by atoms with Crippen molar-refractivity contribution in [2.45, 2.75) is 57.0 Å². The molecule has 4 aromatic rings. The Kier molecular flexibility index (Phi) is 8.97. The van der Waals surface area contributed by atoms with Crippen molar-refractivity contribution in [3.8, 4) is 18.1 Å². The molecule has 3 heterocycles. The molecule has 238 valence electrons. The summed E-state index contributed by atoms with van der Waals surface area (Å²) in [7, 11) is -2.85. The van der Waals surface area contributed by atoms with Crippen LogP contribution in [0.2, 0.25) is 0 Å². The van der Waals surface area contributed by atoms with Crippen LogP contribution >= 0.6 is 7.75 Å². The molecule has 0 radical (unpaired) electrons. The summed E-state index contributed by atoms with van der Waals surface area (Å²) in [5.41, 5.74) is 3.37. The predicted octanol–water partition coefficient (Wildman–Crippen LogP) is 3.34. The van der Waals surface area contributed by atoms with E-state index in [4.69, 9.17) is 30.7 Å². The Hall–Kier alpha value is -4.32. The number of aliphatic hydroxyl groups is 1. The van der Waals surface area contributed by atoms with E-state index in [9.17, 15) is 14.5 Å². The number of carbonyl (C=O) groups excluding carboxylic acids is 1. The standard InChI is InChI=1S/C29H33FN7O7P/c1-6-29(30)23(38)21(43-27(29)37-15-33-22-24(32-5)34-28(31)35-25(22)37)14-41-45(40,36-17(4)26(39)42-16(2)3)44-20-13-9-11-18-10-7-8-12-19(18)20/h1,7-13,15-17,21,23,27,38H,14H2,2-5H3,(H,36,40)(H3,31,32,34,35)/t17-,21-,23-,27-,29-,45?/m1/s1. The first-order valence-corrected chi connectivity index (χ1v) is 15.5. The second-order valence-corrected chi connectivity index (χ2v) is 12.3. The van der Waals surface area contributed by atoms with E-state index >= 15 is 4.39 Å². The molecule has 1 fully saturated rings. The molecule has 2 aromatic heterocycles. The Bertz CT molecular complexity index is 1810. The molecule has 2 aromatic carbocycles. The number of ether oxygens (including phenoxy) is 2. The molecule has 5 rings (SSSR count). The zero-order valence-corrected chi connectivity index (χ0v) is 25.8. The number of alkyl halides is 1. The van der Waals surface area contributed by atoms with Crippen LogP contribution < -0.4 is 20.7 Å². The van der Waals surface area contributed by atoms with E-state index < -0.39 is 56.6 Å². The van der Waals surface area contributed by atoms with Gasteiger partial charge in [0.1, 0.15) is 24.0 Å². The highest BCUT2D eigenvalue weighted by Gasteiger charge is 2.58. The largest absolute Gasteiger partial charge is 0.462 e. The normalized spacial score (nSPS) is 23.5. The van der Waals surface area contributed by atoms with E-state index in [2.05, 4.69) is 25.4 Å². The topological polar surface area (TPSA) is 185 Å². The van der Waals surface area contributed by atoms with Crippen LogP contribution in [0.5, 0.6) is 5.75 Å². The maximum absolute atomic E-state index is 16.3. The number of benzene rings is 2. The number of aromatic nitrogens is 4. The Morgan fingerprint density at radius 3 is 2.71 bits per heavy atom. The Balaban J connectivity index is 1.44. The number of nitrogens with one attached hydrogen (secondary N) is 2. The van der Waals surface area contributed by atoms with Crippen molar-refractivity contribution in [3.63, 3.8) is 0 Å². The lowest BCUT2D eigenvalue weighted by atomic mass is 9.97. The lowest BCUT2D eigenvalue weighted by Crippen LogP contribution is -2.42. The number of nitrogens with zero attached hydrogens (tertiary/aromatic N) is 4. The predicted molar refractivity (Wildman–Crippen MR) is 164 cm³/mol. The molecule has 1 saturated heterocycles. The van der Waals surface area contributed by atoms with Gasteiger partial charge in [0.15, 0.2) is 23.2 Å². The van der Waals surface area contributed by atoms with Crippen molar-refractivity contribution in [1.29, 1.82) is 0 Å². The number of halogens is 1. The van der Waals surface area contributed by atoms with Crippen molar-refractivity contribution in [3.05, 3.63) is 48.8 Å². The van der Waals surface area contributed by atoms with Gasteiger partial charge in [-0.1, -0.05) is 42.3 Å². The quantitative estimate of drug-likeness (QED) is 0.106. The molecular weight excluding hydrogens is 608 g/mol. The number of esters is 1. The maximum atomic E-state index is 16.3. The smallest absolute Gasteiger partial charge is 0.459 e. The minimum absolute atomic E-state index is 0.0898. The van der Waals surface area contributed by atoms with Gasteiger partial charge in [-0.05, 0) is 32.2 Å². The number of hydrogen-bond donors (Lipinski definition) is 4. The van der Waals surface area contributed by atoms with E-state index in [-0.39, 0.29) is 28.7 Å². The highest BCUT2D eigenvalue weighted by molar-refractivity contribution is 7.52. The van der Waals surface area contributed by atoms with Gasteiger partial charge in [-0.15, -0.1) is 6.42 Å². The number of fused-ring (bicyclic) bond motifs is 2. The summed E-state index contributed by atoms with van der Waals surface area (Å²) in [5, 5.41) is 17.9. The molecule has 1 aliphatic rings. The number of terminal acetylenes is 1. The van der Waals surface area contributed by atoms with Gasteiger partial charge in [-0.2, -0.15) is 15.1 Å². The number of hydrogen-bond acceptors (Lipinski definition) is 12. The molecule has 1 unspecified atom stereocenters. The van der Waals surface area contributed by atoms with Crippen molar-refractivity contribution in [2.75, 3.05) is 24.7 Å². The summed E-state index contributed by atoms with van der Waals surface area (Å²) in [6, 6.07) is 11.2. The number of nitrogens with two attached hydrogens (primary N) is 1. The lowest BCUT2D eigenvalue weighted by Gasteiger charge is -2.25. The molecule has 0 spiro atoms. The monoisotopic (exact) mass is 641 g/mol. The second kappa shape index (κ2) is 12.6. The summed E-state index contributed by atoms with van der Waals surface area (Å²) < 4.78 is 54.5. The zero-order chi connectivity index (χ0) is 32.5. The Morgan fingerprint density at radius 2 is 2.00 bits per heavy atom. The third kappa shape index (κ3) is 6.28. The molecule has 45 heavy (non-hydrogen) atoms. The molecule has 0 amide bonds. The number of imidazole rings is 1. The average Bonchev–Trinajstić information content (AvgIpc) is 3.53. The lowest BCUT2D eigenvalue weighted by molar-refractivity contribution is -0.149. The van der Waals surface area contributed by atoms with Crippen LogP contribution in [0.4, 0.5) is 16.2 Å². The molecule has 0 saturated carbocycles. The highest BCUT2D eigenvalue weighted by atomic mass is 31.2. The average molecular weight is 642 g/mol. The van der Waals surface area contributed by atoms with E-state index in [1.54, 1.807) is 45.2 Å². The zero-order valence-electron chi connectivity index (χ0n) is 24.9. The van der Waals surface area contributed by atoms with Crippen molar-refractivity contribution >= 4 is 47.4 Å². The SMILES string of the molecule is C#C[C@@]1(F)[C@H](O)[C@@H](COP(=O)(N[C@H](C)C(=O)OC(C)C)Oc2cccc3ccccc23)O[C@H]1n1cnc2c(NC)nc(N)nc21. The molecule has 0 bridgehead atoms. The molecule has 6 atom stereocenters. The van der Waals surface area contributed by atoms with E-state index in [0.717, 1.165) is 5.39 Å². The minimum atomic E-state index is -4.45. The summed E-state index contributed by atoms with van der Waals surface area (Å²) >= 11 is 0. The van der Waals surface area contributed by atoms with E-state index in [1.165, 1.54) is 17.8 Å². The molecule has 0 aliphatic carbocycles. The Labute approximate surface area is 258 Å². The number of anilines is 2. The third-order valence-corrected chi connectivity index (χ3v) is 8.66. The second-order valence-electron chi connectivity index (χ2n) is 10.6. The van der Waals surface area contributed by atoms with E-state index in [0.29, 0.717) is 5.39 Å². The van der Waals surface area contributed by atoms with Crippen LogP contribution in [0.25, 0.3) is 21.9 Å². The summed E-state index contributed by atoms with van der Waals surface area (Å²) in [6.07, 6.45) is 1.31. The number of rotatable bonds is 11. The Morgan fingerprint density at radius 1 is 1.27 bits per heavy atom. The van der Waals surface area contributed by atoms with Crippen molar-refractivity contribution in [1.82, 2.24) is 24.6 Å². The fourth-order valence-electron chi connectivity index (χ4n) is 4.88. The minimum Gasteiger partial charge on any atom is -0.462 e. The van der Waals surface area contributed by atoms with Gasteiger partial charge in [0.2, 0.25) is 11.6 Å². The van der Waals surface area contributed by atoms with Gasteiger partial charge < -0.3 is 30.2 Å². The summed E-state index contributed by atoms with van der Waals surface area (Å²) in [4.78, 5) is 25.0. The third-order valence-electron chi connectivity index (χ3n) is 7.03. The fourth-order valence-corrected chi connectivity index (χ4v) is 6.40. The van der Waals surface area contributed by atoms with Crippen LogP contribution in [0, 0.1) is 12.3 Å². The van der Waals surface area contributed by atoms with Gasteiger partial charge in [0, 0.05) is 12.4 Å². The van der Waals surface area contributed by atoms with Crippen molar-refractivity contribution < 1.29 is 37.4 Å². The first kappa shape index (κ1) is 32.1. The van der Waals surface area contributed by atoms with Crippen LogP contribution in [-0.2, 0) is 23.4 Å². The molecule has 5 N–H and O–H groups in total.